The maximum atomic E-state index is 13.2. The summed E-state index contributed by atoms with van der Waals surface area (Å²) in [6.45, 7) is 4.91. The van der Waals surface area contributed by atoms with Gasteiger partial charge in [0.15, 0.2) is 0 Å². The highest BCUT2D eigenvalue weighted by atomic mass is 35.5. The lowest BCUT2D eigenvalue weighted by Crippen LogP contribution is -2.31. The fourth-order valence-corrected chi connectivity index (χ4v) is 3.81. The third-order valence-electron chi connectivity index (χ3n) is 5.18. The van der Waals surface area contributed by atoms with Crippen molar-refractivity contribution < 1.29 is 4.79 Å². The van der Waals surface area contributed by atoms with Crippen LogP contribution in [0.5, 0.6) is 0 Å². The zero-order valence-electron chi connectivity index (χ0n) is 17.9. The molecule has 0 unspecified atom stereocenters. The molecule has 0 aliphatic rings. The van der Waals surface area contributed by atoms with E-state index in [1.165, 1.54) is 13.6 Å². The molecule has 2 aromatic heterocycles. The van der Waals surface area contributed by atoms with Gasteiger partial charge in [-0.05, 0) is 35.7 Å². The predicted molar refractivity (Wildman–Crippen MR) is 124 cm³/mol. The van der Waals surface area contributed by atoms with Crippen LogP contribution in [0.15, 0.2) is 58.1 Å². The molecule has 0 bridgehead atoms. The highest BCUT2D eigenvalue weighted by Gasteiger charge is 2.18. The lowest BCUT2D eigenvalue weighted by atomic mass is 10.2. The van der Waals surface area contributed by atoms with Crippen molar-refractivity contribution in [1.29, 1.82) is 0 Å². The number of halogens is 1. The summed E-state index contributed by atoms with van der Waals surface area (Å²) in [5.41, 5.74) is 0.642. The summed E-state index contributed by atoms with van der Waals surface area (Å²) in [7, 11) is 0. The number of fused-ring (bicyclic) bond motifs is 3. The van der Waals surface area contributed by atoms with Gasteiger partial charge in [-0.2, -0.15) is 0 Å². The van der Waals surface area contributed by atoms with Gasteiger partial charge in [-0.3, -0.25) is 14.2 Å². The van der Waals surface area contributed by atoms with Crippen LogP contribution >= 0.6 is 11.6 Å². The molecule has 8 nitrogen and oxygen atoms in total. The average molecular weight is 454 g/mol. The molecular weight excluding hydrogens is 430 g/mol. The molecule has 4 aromatic rings. The van der Waals surface area contributed by atoms with E-state index in [1.54, 1.807) is 42.5 Å². The smallest absolute Gasteiger partial charge is 0.352 e. The number of amides is 1. The van der Waals surface area contributed by atoms with Crippen LogP contribution < -0.4 is 16.6 Å². The van der Waals surface area contributed by atoms with E-state index in [9.17, 15) is 14.4 Å². The minimum Gasteiger partial charge on any atom is -0.356 e. The van der Waals surface area contributed by atoms with E-state index < -0.39 is 0 Å². The number of nitrogens with zero attached hydrogens (tertiary/aromatic N) is 4. The molecule has 1 N–H and O–H groups in total. The minimum absolute atomic E-state index is 0.107. The lowest BCUT2D eigenvalue weighted by Gasteiger charge is -2.10. The number of nitrogens with one attached hydrogen (secondary N) is 1. The van der Waals surface area contributed by atoms with Crippen LogP contribution in [0.3, 0.4) is 0 Å². The summed E-state index contributed by atoms with van der Waals surface area (Å²) in [5.74, 6) is 0.379. The number of hydrogen-bond acceptors (Lipinski definition) is 4. The van der Waals surface area contributed by atoms with Gasteiger partial charge in [-0.25, -0.2) is 13.9 Å². The largest absolute Gasteiger partial charge is 0.356 e. The van der Waals surface area contributed by atoms with Gasteiger partial charge in [0, 0.05) is 24.5 Å². The van der Waals surface area contributed by atoms with Crippen molar-refractivity contribution in [2.24, 2.45) is 5.92 Å². The Morgan fingerprint density at radius 2 is 1.91 bits per heavy atom. The van der Waals surface area contributed by atoms with E-state index in [1.807, 2.05) is 19.9 Å². The molecule has 4 rings (SSSR count). The van der Waals surface area contributed by atoms with Gasteiger partial charge in [0.05, 0.1) is 17.4 Å². The second-order valence-electron chi connectivity index (χ2n) is 8.13. The van der Waals surface area contributed by atoms with Gasteiger partial charge in [0.25, 0.3) is 5.56 Å². The summed E-state index contributed by atoms with van der Waals surface area (Å²) in [6.07, 6.45) is 0.107. The number of carbonyl (C=O) groups is 1. The summed E-state index contributed by atoms with van der Waals surface area (Å²) in [4.78, 5) is 38.7. The average Bonchev–Trinajstić information content (AvgIpc) is 3.08. The first kappa shape index (κ1) is 21.8. The molecule has 166 valence electrons. The molecule has 2 heterocycles. The molecule has 0 aliphatic heterocycles. The molecular formula is C23H24ClN5O3. The summed E-state index contributed by atoms with van der Waals surface area (Å²) in [6, 6.07) is 14.1. The van der Waals surface area contributed by atoms with E-state index in [-0.39, 0.29) is 42.4 Å². The van der Waals surface area contributed by atoms with Crippen molar-refractivity contribution in [3.8, 4) is 0 Å². The van der Waals surface area contributed by atoms with Gasteiger partial charge in [-0.1, -0.05) is 49.7 Å². The maximum Gasteiger partial charge on any atom is 0.352 e. The number of aryl methyl sites for hydroxylation is 1. The van der Waals surface area contributed by atoms with Gasteiger partial charge >= 0.3 is 5.69 Å². The Labute approximate surface area is 189 Å². The van der Waals surface area contributed by atoms with Crippen LogP contribution in [0.2, 0.25) is 5.02 Å². The highest BCUT2D eigenvalue weighted by molar-refractivity contribution is 6.30. The standard InChI is InChI=1S/C23H24ClN5O3/c1-15(2)13-25-20(30)10-11-27-21(31)18-8-3-4-9-19(18)29-22(27)26-28(23(29)32)14-16-6-5-7-17(24)12-16/h3-9,12,15H,10-11,13-14H2,1-2H3,(H,25,30). The van der Waals surface area contributed by atoms with Crippen molar-refractivity contribution in [3.63, 3.8) is 0 Å². The fourth-order valence-electron chi connectivity index (χ4n) is 3.60. The Kier molecular flexibility index (Phi) is 6.14. The fraction of sp³-hybridized carbons (Fsp3) is 0.304. The zero-order chi connectivity index (χ0) is 22.8. The minimum atomic E-state index is -0.366. The van der Waals surface area contributed by atoms with Crippen LogP contribution in [0.1, 0.15) is 25.8 Å². The lowest BCUT2D eigenvalue weighted by molar-refractivity contribution is -0.121. The Morgan fingerprint density at radius 1 is 1.12 bits per heavy atom. The van der Waals surface area contributed by atoms with Gasteiger partial charge < -0.3 is 5.32 Å². The SMILES string of the molecule is CC(C)CNC(=O)CCn1c(=O)c2ccccc2n2c(=O)n(Cc3cccc(Cl)c3)nc12. The Hall–Kier alpha value is -3.39. The Balaban J connectivity index is 1.80. The number of hydrogen-bond donors (Lipinski definition) is 1. The van der Waals surface area contributed by atoms with Gasteiger partial charge in [-0.15, -0.1) is 5.10 Å². The van der Waals surface area contributed by atoms with Crippen LogP contribution in [0, 0.1) is 5.92 Å². The van der Waals surface area contributed by atoms with Crippen molar-refractivity contribution in [2.75, 3.05) is 6.54 Å². The molecule has 0 saturated carbocycles. The molecule has 0 spiro atoms. The molecule has 9 heteroatoms. The second kappa shape index (κ2) is 9.00. The molecule has 2 aromatic carbocycles. The monoisotopic (exact) mass is 453 g/mol. The maximum absolute atomic E-state index is 13.2. The number of benzene rings is 2. The quantitative estimate of drug-likeness (QED) is 0.466. The number of rotatable bonds is 7. The first-order chi connectivity index (χ1) is 15.3. The summed E-state index contributed by atoms with van der Waals surface area (Å²) < 4.78 is 4.13. The van der Waals surface area contributed by atoms with Crippen LogP contribution in [0.4, 0.5) is 0 Å². The molecule has 32 heavy (non-hydrogen) atoms. The van der Waals surface area contributed by atoms with E-state index in [0.29, 0.717) is 28.4 Å². The van der Waals surface area contributed by atoms with Crippen LogP contribution in [0.25, 0.3) is 16.7 Å². The van der Waals surface area contributed by atoms with E-state index in [0.717, 1.165) is 5.56 Å². The molecule has 0 saturated heterocycles. The van der Waals surface area contributed by atoms with E-state index in [4.69, 9.17) is 11.6 Å². The van der Waals surface area contributed by atoms with Crippen molar-refractivity contribution >= 4 is 34.2 Å². The van der Waals surface area contributed by atoms with Crippen LogP contribution in [-0.4, -0.2) is 31.2 Å². The van der Waals surface area contributed by atoms with E-state index >= 15 is 0 Å². The summed E-state index contributed by atoms with van der Waals surface area (Å²) >= 11 is 6.07. The van der Waals surface area contributed by atoms with E-state index in [2.05, 4.69) is 10.4 Å². The second-order valence-corrected chi connectivity index (χ2v) is 8.56. The number of para-hydroxylation sites is 1. The summed E-state index contributed by atoms with van der Waals surface area (Å²) in [5, 5.41) is 8.27. The Morgan fingerprint density at radius 3 is 2.66 bits per heavy atom. The normalized spacial score (nSPS) is 11.5. The Bertz CT molecular complexity index is 1420. The molecule has 0 fully saturated rings. The number of carbonyl (C=O) groups excluding carboxylic acids is 1. The highest BCUT2D eigenvalue weighted by Crippen LogP contribution is 2.13. The molecule has 0 radical (unpaired) electrons. The van der Waals surface area contributed by atoms with Crippen molar-refractivity contribution in [1.82, 2.24) is 24.1 Å². The van der Waals surface area contributed by atoms with Crippen molar-refractivity contribution in [3.05, 3.63) is 80.0 Å². The third-order valence-corrected chi connectivity index (χ3v) is 5.41. The molecule has 0 atom stereocenters. The third kappa shape index (κ3) is 4.31. The molecule has 0 aliphatic carbocycles. The van der Waals surface area contributed by atoms with Crippen molar-refractivity contribution in [2.45, 2.75) is 33.4 Å². The predicted octanol–water partition coefficient (Wildman–Crippen LogP) is 2.67. The topological polar surface area (TPSA) is 90.4 Å². The number of aromatic nitrogens is 4. The van der Waals surface area contributed by atoms with Gasteiger partial charge in [0.2, 0.25) is 11.7 Å². The van der Waals surface area contributed by atoms with Crippen LogP contribution in [-0.2, 0) is 17.9 Å². The first-order valence-corrected chi connectivity index (χ1v) is 10.8. The first-order valence-electron chi connectivity index (χ1n) is 10.5. The molecule has 1 amide bonds. The van der Waals surface area contributed by atoms with Gasteiger partial charge in [0.1, 0.15) is 0 Å². The zero-order valence-corrected chi connectivity index (χ0v) is 18.7.